The molecule has 0 radical (unpaired) electrons. The average Bonchev–Trinajstić information content (AvgIpc) is 2.47. The maximum Gasteiger partial charge on any atom is 0.337 e. The van der Waals surface area contributed by atoms with Gasteiger partial charge in [-0.05, 0) is 54.8 Å². The molecule has 2 N–H and O–H groups in total. The zero-order chi connectivity index (χ0) is 16.1. The predicted molar refractivity (Wildman–Crippen MR) is 88.1 cm³/mol. The van der Waals surface area contributed by atoms with Crippen molar-refractivity contribution < 1.29 is 14.6 Å². The summed E-state index contributed by atoms with van der Waals surface area (Å²) in [6.45, 7) is 4.01. The number of methoxy groups -OCH3 is 1. The van der Waals surface area contributed by atoms with Crippen molar-refractivity contribution in [2.45, 2.75) is 13.8 Å². The molecule has 4 heteroatoms. The molecule has 2 aromatic rings. The van der Waals surface area contributed by atoms with E-state index in [9.17, 15) is 9.90 Å². The monoisotopic (exact) mass is 297 g/mol. The van der Waals surface area contributed by atoms with Crippen molar-refractivity contribution in [3.05, 3.63) is 65.4 Å². The van der Waals surface area contributed by atoms with Gasteiger partial charge >= 0.3 is 5.97 Å². The van der Waals surface area contributed by atoms with E-state index in [1.54, 1.807) is 31.4 Å². The molecule has 114 valence electrons. The van der Waals surface area contributed by atoms with Crippen molar-refractivity contribution in [1.29, 1.82) is 0 Å². The Morgan fingerprint density at radius 2 is 1.68 bits per heavy atom. The highest BCUT2D eigenvalue weighted by Gasteiger charge is 2.10. The zero-order valence-electron chi connectivity index (χ0n) is 12.9. The van der Waals surface area contributed by atoms with Crippen molar-refractivity contribution in [1.82, 2.24) is 0 Å². The van der Waals surface area contributed by atoms with Gasteiger partial charge in [0.25, 0.3) is 0 Å². The van der Waals surface area contributed by atoms with Crippen LogP contribution in [0.3, 0.4) is 0 Å². The van der Waals surface area contributed by atoms with E-state index in [2.05, 4.69) is 11.4 Å². The third kappa shape index (κ3) is 3.88. The van der Waals surface area contributed by atoms with Crippen LogP contribution in [0.5, 0.6) is 5.75 Å². The summed E-state index contributed by atoms with van der Waals surface area (Å²) in [5.41, 5.74) is 3.92. The first-order chi connectivity index (χ1) is 10.5. The van der Waals surface area contributed by atoms with Gasteiger partial charge in [-0.2, -0.15) is 0 Å². The molecule has 2 aromatic carbocycles. The van der Waals surface area contributed by atoms with Crippen LogP contribution in [0.4, 0.5) is 5.69 Å². The molecule has 0 aliphatic heterocycles. The number of carboxylic acid groups (broad SMARTS) is 1. The van der Waals surface area contributed by atoms with Crippen LogP contribution in [0.15, 0.2) is 48.7 Å². The van der Waals surface area contributed by atoms with Gasteiger partial charge in [0.1, 0.15) is 5.75 Å². The van der Waals surface area contributed by atoms with Gasteiger partial charge < -0.3 is 15.2 Å². The predicted octanol–water partition coefficient (Wildman–Crippen LogP) is 3.85. The third-order valence-electron chi connectivity index (χ3n) is 3.24. The minimum absolute atomic E-state index is 0.196. The molecule has 0 unspecified atom stereocenters. The standard InChI is InChI=1S/C18H19NO3/c1-12-8-13(2)10-15(9-12)19-11-17(18(20)21)14-4-6-16(22-3)7-5-14/h4-11,19H,1-3H3,(H,20,21). The van der Waals surface area contributed by atoms with Gasteiger partial charge in [0, 0.05) is 11.9 Å². The van der Waals surface area contributed by atoms with E-state index in [4.69, 9.17) is 4.74 Å². The van der Waals surface area contributed by atoms with Crippen LogP contribution in [-0.4, -0.2) is 18.2 Å². The number of aliphatic carboxylic acids is 1. The molecule has 0 spiro atoms. The van der Waals surface area contributed by atoms with Crippen LogP contribution in [0.2, 0.25) is 0 Å². The van der Waals surface area contributed by atoms with Gasteiger partial charge in [-0.15, -0.1) is 0 Å². The van der Waals surface area contributed by atoms with Crippen molar-refractivity contribution in [3.63, 3.8) is 0 Å². The topological polar surface area (TPSA) is 58.6 Å². The molecule has 0 heterocycles. The highest BCUT2D eigenvalue weighted by atomic mass is 16.5. The second kappa shape index (κ2) is 6.80. The molecular formula is C18H19NO3. The van der Waals surface area contributed by atoms with E-state index in [0.29, 0.717) is 11.3 Å². The molecule has 0 bridgehead atoms. The van der Waals surface area contributed by atoms with E-state index >= 15 is 0 Å². The lowest BCUT2D eigenvalue weighted by Crippen LogP contribution is -2.03. The van der Waals surface area contributed by atoms with Gasteiger partial charge in [0.15, 0.2) is 0 Å². The van der Waals surface area contributed by atoms with E-state index in [0.717, 1.165) is 16.8 Å². The van der Waals surface area contributed by atoms with E-state index < -0.39 is 5.97 Å². The molecule has 0 amide bonds. The fourth-order valence-electron chi connectivity index (χ4n) is 2.25. The molecular weight excluding hydrogens is 278 g/mol. The fourth-order valence-corrected chi connectivity index (χ4v) is 2.25. The minimum Gasteiger partial charge on any atom is -0.497 e. The Hall–Kier alpha value is -2.75. The number of ether oxygens (including phenoxy) is 1. The maximum absolute atomic E-state index is 11.5. The second-order valence-corrected chi connectivity index (χ2v) is 5.11. The molecule has 0 saturated carbocycles. The summed E-state index contributed by atoms with van der Waals surface area (Å²) in [4.78, 5) is 11.5. The number of carboxylic acids is 1. The number of anilines is 1. The summed E-state index contributed by atoms with van der Waals surface area (Å²) in [6.07, 6.45) is 1.51. The number of aryl methyl sites for hydroxylation is 2. The number of nitrogens with one attached hydrogen (secondary N) is 1. The first-order valence-corrected chi connectivity index (χ1v) is 6.92. The molecule has 0 aliphatic carbocycles. The second-order valence-electron chi connectivity index (χ2n) is 5.11. The Kier molecular flexibility index (Phi) is 4.84. The summed E-state index contributed by atoms with van der Waals surface area (Å²) in [5, 5.41) is 12.5. The summed E-state index contributed by atoms with van der Waals surface area (Å²) in [5.74, 6) is -0.294. The molecule has 0 fully saturated rings. The number of hydrogen-bond acceptors (Lipinski definition) is 3. The lowest BCUT2D eigenvalue weighted by atomic mass is 10.1. The molecule has 2 rings (SSSR count). The van der Waals surface area contributed by atoms with Crippen molar-refractivity contribution >= 4 is 17.2 Å². The van der Waals surface area contributed by atoms with Gasteiger partial charge in [0.2, 0.25) is 0 Å². The molecule has 0 aliphatic rings. The molecule has 0 aromatic heterocycles. The van der Waals surface area contributed by atoms with Gasteiger partial charge in [0.05, 0.1) is 12.7 Å². The molecule has 22 heavy (non-hydrogen) atoms. The Balaban J connectivity index is 2.28. The summed E-state index contributed by atoms with van der Waals surface area (Å²) >= 11 is 0. The third-order valence-corrected chi connectivity index (χ3v) is 3.24. The van der Waals surface area contributed by atoms with Gasteiger partial charge in [-0.3, -0.25) is 0 Å². The van der Waals surface area contributed by atoms with Crippen molar-refractivity contribution in [3.8, 4) is 5.75 Å². The van der Waals surface area contributed by atoms with Crippen LogP contribution in [0, 0.1) is 13.8 Å². The molecule has 0 saturated heterocycles. The largest absolute Gasteiger partial charge is 0.497 e. The highest BCUT2D eigenvalue weighted by molar-refractivity contribution is 6.15. The van der Waals surface area contributed by atoms with Crippen LogP contribution >= 0.6 is 0 Å². The SMILES string of the molecule is COc1ccc(C(=CNc2cc(C)cc(C)c2)C(=O)O)cc1. The summed E-state index contributed by atoms with van der Waals surface area (Å²) in [6, 6.07) is 12.9. The van der Waals surface area contributed by atoms with Crippen molar-refractivity contribution in [2.24, 2.45) is 0 Å². The number of benzene rings is 2. The van der Waals surface area contributed by atoms with Gasteiger partial charge in [-0.25, -0.2) is 4.79 Å². The maximum atomic E-state index is 11.5. The van der Waals surface area contributed by atoms with Crippen LogP contribution in [-0.2, 0) is 4.79 Å². The highest BCUT2D eigenvalue weighted by Crippen LogP contribution is 2.20. The average molecular weight is 297 g/mol. The number of carbonyl (C=O) groups is 1. The minimum atomic E-state index is -0.984. The van der Waals surface area contributed by atoms with E-state index in [1.165, 1.54) is 6.20 Å². The Labute approximate surface area is 130 Å². The lowest BCUT2D eigenvalue weighted by molar-refractivity contribution is -0.130. The lowest BCUT2D eigenvalue weighted by Gasteiger charge is -2.08. The van der Waals surface area contributed by atoms with E-state index in [1.807, 2.05) is 26.0 Å². The Morgan fingerprint density at radius 1 is 1.09 bits per heavy atom. The normalized spacial score (nSPS) is 11.1. The smallest absolute Gasteiger partial charge is 0.337 e. The van der Waals surface area contributed by atoms with E-state index in [-0.39, 0.29) is 5.57 Å². The first-order valence-electron chi connectivity index (χ1n) is 6.92. The zero-order valence-corrected chi connectivity index (χ0v) is 12.9. The summed E-state index contributed by atoms with van der Waals surface area (Å²) in [7, 11) is 1.57. The number of hydrogen-bond donors (Lipinski definition) is 2. The Bertz CT molecular complexity index is 683. The Morgan fingerprint density at radius 3 is 2.18 bits per heavy atom. The summed E-state index contributed by atoms with van der Waals surface area (Å²) < 4.78 is 5.08. The quantitative estimate of drug-likeness (QED) is 0.823. The fraction of sp³-hybridized carbons (Fsp3) is 0.167. The van der Waals surface area contributed by atoms with Crippen LogP contribution in [0.1, 0.15) is 16.7 Å². The van der Waals surface area contributed by atoms with Crippen LogP contribution < -0.4 is 10.1 Å². The molecule has 0 atom stereocenters. The number of rotatable bonds is 5. The van der Waals surface area contributed by atoms with Crippen molar-refractivity contribution in [2.75, 3.05) is 12.4 Å². The first kappa shape index (κ1) is 15.6. The van der Waals surface area contributed by atoms with Crippen LogP contribution in [0.25, 0.3) is 5.57 Å². The van der Waals surface area contributed by atoms with Gasteiger partial charge in [-0.1, -0.05) is 18.2 Å². The molecule has 4 nitrogen and oxygen atoms in total.